The maximum absolute atomic E-state index is 10.8. The van der Waals surface area contributed by atoms with E-state index in [0.29, 0.717) is 0 Å². The number of carbonyl (C=O) groups is 1. The summed E-state index contributed by atoms with van der Waals surface area (Å²) in [5.41, 5.74) is -0.525. The van der Waals surface area contributed by atoms with Crippen LogP contribution in [-0.2, 0) is 14.6 Å². The summed E-state index contributed by atoms with van der Waals surface area (Å²) < 4.78 is 0. The minimum absolute atomic E-state index is 0.410. The molecular weight excluding hydrogens is 132 g/mol. The normalized spacial score (nSPS) is 10.3. The van der Waals surface area contributed by atoms with E-state index in [1.54, 1.807) is 20.8 Å². The van der Waals surface area contributed by atoms with Crippen molar-refractivity contribution in [3.8, 4) is 0 Å². The van der Waals surface area contributed by atoms with Gasteiger partial charge in [0.15, 0.2) is 0 Å². The van der Waals surface area contributed by atoms with Crippen molar-refractivity contribution in [3.05, 3.63) is 12.8 Å². The van der Waals surface area contributed by atoms with Gasteiger partial charge in [0, 0.05) is 0 Å². The van der Waals surface area contributed by atoms with Gasteiger partial charge in [-0.25, -0.2) is 4.79 Å². The summed E-state index contributed by atoms with van der Waals surface area (Å²) in [7, 11) is 0. The molecule has 0 rings (SSSR count). The van der Waals surface area contributed by atoms with Gasteiger partial charge in [-0.05, 0) is 20.8 Å². The van der Waals surface area contributed by atoms with Gasteiger partial charge in [-0.3, -0.25) is 9.78 Å². The summed E-state index contributed by atoms with van der Waals surface area (Å²) in [4.78, 5) is 19.4. The average molecular weight is 144 g/mol. The van der Waals surface area contributed by atoms with Crippen LogP contribution in [0, 0.1) is 5.41 Å². The maximum atomic E-state index is 10.8. The Labute approximate surface area is 60.6 Å². The van der Waals surface area contributed by atoms with E-state index in [2.05, 4.69) is 16.4 Å². The number of rotatable bonds is 2. The molecule has 0 radical (unpaired) electrons. The molecule has 0 aromatic carbocycles. The summed E-state index contributed by atoms with van der Waals surface area (Å²) in [5.74, 6) is -0.410. The largest absolute Gasteiger partial charge is 0.360 e. The molecule has 0 fully saturated rings. The highest BCUT2D eigenvalue weighted by Crippen LogP contribution is 2.14. The van der Waals surface area contributed by atoms with Crippen LogP contribution >= 0.6 is 0 Å². The Morgan fingerprint density at radius 1 is 1.50 bits per heavy atom. The first kappa shape index (κ1) is 9.01. The summed E-state index contributed by atoms with van der Waals surface area (Å²) in [6.45, 7) is 8.43. The first-order valence-corrected chi connectivity index (χ1v) is 2.97. The van der Waals surface area contributed by atoms with Gasteiger partial charge in [0.25, 0.3) is 0 Å². The van der Waals surface area contributed by atoms with Crippen LogP contribution in [0.25, 0.3) is 0 Å². The fourth-order valence-electron chi connectivity index (χ4n) is 0.203. The van der Waals surface area contributed by atoms with E-state index < -0.39 is 11.4 Å². The molecule has 0 unspecified atom stereocenters. The van der Waals surface area contributed by atoms with Crippen LogP contribution in [0.3, 0.4) is 0 Å². The van der Waals surface area contributed by atoms with Crippen LogP contribution in [0.4, 0.5) is 0 Å². The van der Waals surface area contributed by atoms with Gasteiger partial charge >= 0.3 is 5.97 Å². The Balaban J connectivity index is 3.74. The van der Waals surface area contributed by atoms with Gasteiger partial charge in [-0.2, -0.15) is 0 Å². The molecule has 0 N–H and O–H groups in total. The Hall–Kier alpha value is -0.990. The van der Waals surface area contributed by atoms with Crippen LogP contribution < -0.4 is 0 Å². The molecule has 0 aliphatic heterocycles. The molecule has 3 heteroatoms. The molecule has 0 saturated carbocycles. The average Bonchev–Trinajstić information content (AvgIpc) is 1.80. The predicted molar refractivity (Wildman–Crippen MR) is 36.8 cm³/mol. The lowest BCUT2D eigenvalue weighted by atomic mass is 9.98. The van der Waals surface area contributed by atoms with Crippen LogP contribution in [0.2, 0.25) is 0 Å². The molecular formula is C7H12O3. The third kappa shape index (κ3) is 3.12. The van der Waals surface area contributed by atoms with Crippen LogP contribution in [0.15, 0.2) is 12.8 Å². The Kier molecular flexibility index (Phi) is 2.93. The topological polar surface area (TPSA) is 35.5 Å². The fourth-order valence-corrected chi connectivity index (χ4v) is 0.203. The molecule has 0 spiro atoms. The van der Waals surface area contributed by atoms with E-state index in [0.717, 1.165) is 6.26 Å². The SMILES string of the molecule is C=COOC(=O)C(C)(C)C. The monoisotopic (exact) mass is 144 g/mol. The number of carbonyl (C=O) groups excluding carboxylic acids is 1. The molecule has 0 aromatic rings. The van der Waals surface area contributed by atoms with Crippen molar-refractivity contribution >= 4 is 5.97 Å². The first-order valence-electron chi connectivity index (χ1n) is 2.97. The zero-order chi connectivity index (χ0) is 8.20. The smallest absolute Gasteiger partial charge is 0.296 e. The molecule has 10 heavy (non-hydrogen) atoms. The summed E-state index contributed by atoms with van der Waals surface area (Å²) in [5, 5.41) is 0. The Bertz CT molecular complexity index is 132. The molecule has 0 amide bonds. The Morgan fingerprint density at radius 2 is 2.00 bits per heavy atom. The molecule has 3 nitrogen and oxygen atoms in total. The number of hydrogen-bond acceptors (Lipinski definition) is 3. The number of hydrogen-bond donors (Lipinski definition) is 0. The molecule has 0 saturated heterocycles. The highest BCUT2D eigenvalue weighted by atomic mass is 17.2. The van der Waals surface area contributed by atoms with Crippen molar-refractivity contribution < 1.29 is 14.6 Å². The van der Waals surface area contributed by atoms with Crippen molar-refractivity contribution in [2.45, 2.75) is 20.8 Å². The minimum atomic E-state index is -0.525. The molecule has 58 valence electrons. The van der Waals surface area contributed by atoms with Crippen molar-refractivity contribution in [2.24, 2.45) is 5.41 Å². The second kappa shape index (κ2) is 3.25. The summed E-state index contributed by atoms with van der Waals surface area (Å²) in [6, 6.07) is 0. The van der Waals surface area contributed by atoms with Gasteiger partial charge < -0.3 is 0 Å². The molecule has 0 aromatic heterocycles. The zero-order valence-corrected chi connectivity index (χ0v) is 6.51. The van der Waals surface area contributed by atoms with Gasteiger partial charge in [-0.15, -0.1) is 0 Å². The highest BCUT2D eigenvalue weighted by Gasteiger charge is 2.24. The van der Waals surface area contributed by atoms with E-state index in [4.69, 9.17) is 0 Å². The minimum Gasteiger partial charge on any atom is -0.296 e. The molecule has 0 atom stereocenters. The third-order valence-corrected chi connectivity index (χ3v) is 0.804. The fraction of sp³-hybridized carbons (Fsp3) is 0.571. The zero-order valence-electron chi connectivity index (χ0n) is 6.51. The van der Waals surface area contributed by atoms with E-state index in [-0.39, 0.29) is 0 Å². The van der Waals surface area contributed by atoms with Gasteiger partial charge in [0.05, 0.1) is 5.41 Å². The standard InChI is InChI=1S/C7H12O3/c1-5-9-10-6(8)7(2,3)4/h5H,1H2,2-4H3. The van der Waals surface area contributed by atoms with Crippen LogP contribution in [-0.4, -0.2) is 5.97 Å². The molecule has 0 heterocycles. The lowest BCUT2D eigenvalue weighted by Gasteiger charge is -2.13. The van der Waals surface area contributed by atoms with Crippen LogP contribution in [0.5, 0.6) is 0 Å². The summed E-state index contributed by atoms with van der Waals surface area (Å²) in [6.07, 6.45) is 1.06. The van der Waals surface area contributed by atoms with Crippen molar-refractivity contribution in [1.82, 2.24) is 0 Å². The van der Waals surface area contributed by atoms with Gasteiger partial charge in [-0.1, -0.05) is 6.58 Å². The second-order valence-electron chi connectivity index (χ2n) is 2.88. The van der Waals surface area contributed by atoms with E-state index >= 15 is 0 Å². The van der Waals surface area contributed by atoms with Crippen molar-refractivity contribution in [1.29, 1.82) is 0 Å². The van der Waals surface area contributed by atoms with E-state index in [1.165, 1.54) is 0 Å². The quantitative estimate of drug-likeness (QED) is 0.336. The molecule has 0 bridgehead atoms. The van der Waals surface area contributed by atoms with Crippen molar-refractivity contribution in [3.63, 3.8) is 0 Å². The second-order valence-corrected chi connectivity index (χ2v) is 2.88. The lowest BCUT2D eigenvalue weighted by Crippen LogP contribution is -2.22. The predicted octanol–water partition coefficient (Wildman–Crippen LogP) is 1.65. The molecule has 0 aliphatic rings. The van der Waals surface area contributed by atoms with E-state index in [1.807, 2.05) is 0 Å². The van der Waals surface area contributed by atoms with E-state index in [9.17, 15) is 4.79 Å². The first-order chi connectivity index (χ1) is 4.48. The summed E-state index contributed by atoms with van der Waals surface area (Å²) >= 11 is 0. The van der Waals surface area contributed by atoms with Crippen LogP contribution in [0.1, 0.15) is 20.8 Å². The molecule has 0 aliphatic carbocycles. The highest BCUT2D eigenvalue weighted by molar-refractivity contribution is 5.74. The van der Waals surface area contributed by atoms with Crippen molar-refractivity contribution in [2.75, 3.05) is 0 Å². The maximum Gasteiger partial charge on any atom is 0.360 e. The lowest BCUT2D eigenvalue weighted by molar-refractivity contribution is -0.246. The van der Waals surface area contributed by atoms with Gasteiger partial charge in [0.2, 0.25) is 0 Å². The Morgan fingerprint density at radius 3 is 2.30 bits per heavy atom. The third-order valence-electron chi connectivity index (χ3n) is 0.804. The van der Waals surface area contributed by atoms with Gasteiger partial charge in [0.1, 0.15) is 6.26 Å².